The van der Waals surface area contributed by atoms with Gasteiger partial charge < -0.3 is 19.5 Å². The fourth-order valence-corrected chi connectivity index (χ4v) is 3.42. The van der Waals surface area contributed by atoms with Crippen LogP contribution in [0.2, 0.25) is 0 Å². The van der Waals surface area contributed by atoms with Crippen LogP contribution in [0.4, 0.5) is 10.5 Å². The number of allylic oxidation sites excluding steroid dienone is 5. The third-order valence-electron chi connectivity index (χ3n) is 5.43. The van der Waals surface area contributed by atoms with Crippen molar-refractivity contribution in [3.8, 4) is 0 Å². The molecule has 1 aromatic rings. The highest BCUT2D eigenvalue weighted by Crippen LogP contribution is 2.24. The lowest BCUT2D eigenvalue weighted by Crippen LogP contribution is -2.36. The van der Waals surface area contributed by atoms with E-state index in [0.29, 0.717) is 25.7 Å². The third-order valence-corrected chi connectivity index (χ3v) is 5.43. The SMILES string of the molecule is C=CCOC(=O)NC(=NC/C=C(\C)CC/C=C(\C)CCC=C(C)C)Nc1ccc(C2OCCO2)cc1. The van der Waals surface area contributed by atoms with Gasteiger partial charge >= 0.3 is 6.09 Å². The summed E-state index contributed by atoms with van der Waals surface area (Å²) in [6.07, 6.45) is 11.4. The number of hydrogen-bond donors (Lipinski definition) is 2. The molecule has 0 aromatic heterocycles. The zero-order valence-corrected chi connectivity index (χ0v) is 22.1. The van der Waals surface area contributed by atoms with Gasteiger partial charge in [0.15, 0.2) is 6.29 Å². The highest BCUT2D eigenvalue weighted by atomic mass is 16.7. The Morgan fingerprint density at radius 2 is 1.67 bits per heavy atom. The van der Waals surface area contributed by atoms with Crippen LogP contribution in [0.3, 0.4) is 0 Å². The molecule has 1 aliphatic heterocycles. The summed E-state index contributed by atoms with van der Waals surface area (Å²) in [5.74, 6) is 0.309. The molecule has 1 saturated heterocycles. The number of carbonyl (C=O) groups is 1. The molecule has 1 fully saturated rings. The van der Waals surface area contributed by atoms with Gasteiger partial charge in [0, 0.05) is 11.3 Å². The van der Waals surface area contributed by atoms with Crippen LogP contribution in [0.15, 0.2) is 76.9 Å². The second-order valence-corrected chi connectivity index (χ2v) is 8.98. The summed E-state index contributed by atoms with van der Waals surface area (Å²) in [6, 6.07) is 7.62. The van der Waals surface area contributed by atoms with E-state index in [1.807, 2.05) is 24.3 Å². The van der Waals surface area contributed by atoms with Crippen molar-refractivity contribution in [3.05, 3.63) is 77.4 Å². The number of alkyl carbamates (subject to hydrolysis) is 1. The van der Waals surface area contributed by atoms with Gasteiger partial charge in [-0.1, -0.05) is 59.7 Å². The quantitative estimate of drug-likeness (QED) is 0.189. The van der Waals surface area contributed by atoms with Crippen molar-refractivity contribution in [2.75, 3.05) is 31.7 Å². The zero-order chi connectivity index (χ0) is 26.2. The minimum absolute atomic E-state index is 0.121. The van der Waals surface area contributed by atoms with Crippen LogP contribution < -0.4 is 10.6 Å². The van der Waals surface area contributed by atoms with Crippen molar-refractivity contribution >= 4 is 17.7 Å². The minimum Gasteiger partial charge on any atom is -0.445 e. The number of nitrogens with one attached hydrogen (secondary N) is 2. The summed E-state index contributed by atoms with van der Waals surface area (Å²) in [5.41, 5.74) is 5.75. The van der Waals surface area contributed by atoms with Crippen LogP contribution in [-0.4, -0.2) is 38.4 Å². The van der Waals surface area contributed by atoms with Gasteiger partial charge in [0.2, 0.25) is 5.96 Å². The van der Waals surface area contributed by atoms with Crippen LogP contribution in [0.5, 0.6) is 0 Å². The second-order valence-electron chi connectivity index (χ2n) is 8.98. The maximum absolute atomic E-state index is 12.1. The molecular weight excluding hydrogens is 454 g/mol. The number of hydrogen-bond acceptors (Lipinski definition) is 5. The van der Waals surface area contributed by atoms with Crippen molar-refractivity contribution in [2.45, 2.75) is 59.7 Å². The first-order valence-corrected chi connectivity index (χ1v) is 12.5. The molecule has 0 atom stereocenters. The maximum atomic E-state index is 12.1. The number of guanidine groups is 1. The standard InChI is InChI=1S/C29H41N3O4/c1-6-19-36-29(33)32-28(31-26-15-13-25(14-16-26)27-34-20-21-35-27)30-18-17-24(5)12-8-11-23(4)10-7-9-22(2)3/h6,9,11,13-17,27H,1,7-8,10,12,18-21H2,2-5H3,(H2,30,31,32,33)/b23-11+,24-17+. The van der Waals surface area contributed by atoms with Crippen molar-refractivity contribution in [1.29, 1.82) is 0 Å². The molecule has 0 spiro atoms. The Hall–Kier alpha value is -3.16. The molecule has 0 saturated carbocycles. The van der Waals surface area contributed by atoms with Crippen molar-refractivity contribution < 1.29 is 19.0 Å². The maximum Gasteiger partial charge on any atom is 0.414 e. The highest BCUT2D eigenvalue weighted by molar-refractivity contribution is 6.02. The monoisotopic (exact) mass is 495 g/mol. The van der Waals surface area contributed by atoms with E-state index in [0.717, 1.165) is 36.9 Å². The summed E-state index contributed by atoms with van der Waals surface area (Å²) >= 11 is 0. The van der Waals surface area contributed by atoms with Gasteiger partial charge in [-0.3, -0.25) is 5.32 Å². The average molecular weight is 496 g/mol. The largest absolute Gasteiger partial charge is 0.445 e. The van der Waals surface area contributed by atoms with E-state index in [9.17, 15) is 4.79 Å². The number of carbonyl (C=O) groups excluding carboxylic acids is 1. The van der Waals surface area contributed by atoms with Gasteiger partial charge in [-0.25, -0.2) is 9.79 Å². The number of ether oxygens (including phenoxy) is 3. The van der Waals surface area contributed by atoms with E-state index in [4.69, 9.17) is 14.2 Å². The number of benzene rings is 1. The molecule has 0 unspecified atom stereocenters. The normalized spacial score (nSPS) is 14.9. The van der Waals surface area contributed by atoms with Crippen LogP contribution >= 0.6 is 0 Å². The van der Waals surface area contributed by atoms with E-state index < -0.39 is 6.09 Å². The van der Waals surface area contributed by atoms with E-state index in [-0.39, 0.29) is 12.9 Å². The van der Waals surface area contributed by atoms with E-state index in [2.05, 4.69) is 68.1 Å². The smallest absolute Gasteiger partial charge is 0.414 e. The summed E-state index contributed by atoms with van der Waals surface area (Å²) in [7, 11) is 0. The van der Waals surface area contributed by atoms with Crippen LogP contribution in [0.25, 0.3) is 0 Å². The first-order valence-electron chi connectivity index (χ1n) is 12.5. The molecule has 1 heterocycles. The van der Waals surface area contributed by atoms with Gasteiger partial charge in [-0.05, 0) is 65.5 Å². The Kier molecular flexibility index (Phi) is 13.3. The van der Waals surface area contributed by atoms with E-state index >= 15 is 0 Å². The molecule has 1 amide bonds. The molecule has 0 bridgehead atoms. The highest BCUT2D eigenvalue weighted by Gasteiger charge is 2.18. The predicted octanol–water partition coefficient (Wildman–Crippen LogP) is 6.83. The molecule has 196 valence electrons. The Morgan fingerprint density at radius 3 is 2.31 bits per heavy atom. The molecule has 2 N–H and O–H groups in total. The van der Waals surface area contributed by atoms with Crippen molar-refractivity contribution in [1.82, 2.24) is 5.32 Å². The molecule has 1 aromatic carbocycles. The first kappa shape index (κ1) is 29.1. The minimum atomic E-state index is -0.597. The van der Waals surface area contributed by atoms with E-state index in [1.165, 1.54) is 22.8 Å². The Labute approximate surface area is 216 Å². The van der Waals surface area contributed by atoms with Crippen LogP contribution in [0, 0.1) is 0 Å². The number of amides is 1. The van der Waals surface area contributed by atoms with Gasteiger partial charge in [0.25, 0.3) is 0 Å². The number of nitrogens with zero attached hydrogens (tertiary/aromatic N) is 1. The molecule has 2 rings (SSSR count). The number of anilines is 1. The third kappa shape index (κ3) is 12.0. The first-order chi connectivity index (χ1) is 17.4. The molecule has 36 heavy (non-hydrogen) atoms. The zero-order valence-electron chi connectivity index (χ0n) is 22.1. The van der Waals surface area contributed by atoms with E-state index in [1.54, 1.807) is 0 Å². The number of aliphatic imine (C=N–C) groups is 1. The van der Waals surface area contributed by atoms with Gasteiger partial charge in [0.05, 0.1) is 19.8 Å². The summed E-state index contributed by atoms with van der Waals surface area (Å²) in [6.45, 7) is 13.9. The van der Waals surface area contributed by atoms with Gasteiger partial charge in [-0.15, -0.1) is 0 Å². The molecule has 7 heteroatoms. The molecule has 0 radical (unpaired) electrons. The molecule has 0 aliphatic carbocycles. The lowest BCUT2D eigenvalue weighted by molar-refractivity contribution is -0.0441. The average Bonchev–Trinajstić information content (AvgIpc) is 3.38. The molecular formula is C29H41N3O4. The van der Waals surface area contributed by atoms with Crippen molar-refractivity contribution in [3.63, 3.8) is 0 Å². The van der Waals surface area contributed by atoms with Gasteiger partial charge in [-0.2, -0.15) is 0 Å². The van der Waals surface area contributed by atoms with Gasteiger partial charge in [0.1, 0.15) is 6.61 Å². The number of rotatable bonds is 12. The topological polar surface area (TPSA) is 81.2 Å². The van der Waals surface area contributed by atoms with Crippen LogP contribution in [0.1, 0.15) is 65.2 Å². The summed E-state index contributed by atoms with van der Waals surface area (Å²) < 4.78 is 16.1. The predicted molar refractivity (Wildman–Crippen MR) is 147 cm³/mol. The molecule has 7 nitrogen and oxygen atoms in total. The fourth-order valence-electron chi connectivity index (χ4n) is 3.42. The lowest BCUT2D eigenvalue weighted by atomic mass is 10.1. The Morgan fingerprint density at radius 1 is 1.03 bits per heavy atom. The summed E-state index contributed by atoms with van der Waals surface area (Å²) in [5, 5.41) is 5.82. The summed E-state index contributed by atoms with van der Waals surface area (Å²) in [4.78, 5) is 16.6. The Bertz CT molecular complexity index is 951. The lowest BCUT2D eigenvalue weighted by Gasteiger charge is -2.13. The second kappa shape index (κ2) is 16.5. The van der Waals surface area contributed by atoms with Crippen molar-refractivity contribution in [2.24, 2.45) is 4.99 Å². The molecule has 1 aliphatic rings. The fraction of sp³-hybridized carbons (Fsp3) is 0.448. The Balaban J connectivity index is 1.94. The van der Waals surface area contributed by atoms with Crippen LogP contribution in [-0.2, 0) is 14.2 Å².